The lowest BCUT2D eigenvalue weighted by molar-refractivity contribution is 0.150. The van der Waals surface area contributed by atoms with Gasteiger partial charge in [-0.15, -0.1) is 0 Å². The normalized spacial score (nSPS) is 19.6. The summed E-state index contributed by atoms with van der Waals surface area (Å²) in [7, 11) is 0. The average Bonchev–Trinajstić information content (AvgIpc) is 3.10. The van der Waals surface area contributed by atoms with E-state index in [4.69, 9.17) is 16.0 Å². The number of hydrogen-bond donors (Lipinski definition) is 3. The van der Waals surface area contributed by atoms with E-state index >= 15 is 0 Å². The van der Waals surface area contributed by atoms with Crippen molar-refractivity contribution >= 4 is 22.6 Å². The second kappa shape index (κ2) is 8.30. The molecule has 0 spiro atoms. The maximum Gasteiger partial charge on any atom is 0.197 e. The molecule has 0 amide bonds. The van der Waals surface area contributed by atoms with E-state index in [1.54, 1.807) is 24.3 Å². The van der Waals surface area contributed by atoms with Crippen LogP contribution in [0.15, 0.2) is 45.6 Å². The number of phenols is 2. The van der Waals surface area contributed by atoms with Crippen molar-refractivity contribution in [3.63, 3.8) is 0 Å². The average molecular weight is 430 g/mol. The van der Waals surface area contributed by atoms with Crippen LogP contribution in [0.25, 0.3) is 22.3 Å². The number of likely N-dealkylation sites (tertiary alicyclic amines) is 1. The molecule has 0 bridgehead atoms. The van der Waals surface area contributed by atoms with Gasteiger partial charge >= 0.3 is 0 Å². The molecule has 3 N–H and O–H groups in total. The molecule has 1 aromatic heterocycles. The number of halogens is 1. The van der Waals surface area contributed by atoms with Crippen LogP contribution in [-0.4, -0.2) is 46.0 Å². The topological polar surface area (TPSA) is 94.1 Å². The molecule has 0 radical (unpaired) electrons. The fraction of sp³-hybridized carbons (Fsp3) is 0.348. The minimum atomic E-state index is -0.422. The molecule has 3 aromatic rings. The van der Waals surface area contributed by atoms with Crippen LogP contribution in [0.5, 0.6) is 11.5 Å². The van der Waals surface area contributed by atoms with Gasteiger partial charge < -0.3 is 19.7 Å². The summed E-state index contributed by atoms with van der Waals surface area (Å²) in [6.07, 6.45) is 1.63. The van der Waals surface area contributed by atoms with E-state index in [0.717, 1.165) is 19.5 Å². The van der Waals surface area contributed by atoms with Gasteiger partial charge in [-0.3, -0.25) is 9.69 Å². The second-order valence-electron chi connectivity index (χ2n) is 7.67. The molecule has 2 heterocycles. The molecule has 1 fully saturated rings. The number of rotatable bonds is 5. The smallest absolute Gasteiger partial charge is 0.197 e. The van der Waals surface area contributed by atoms with Crippen LogP contribution in [0.4, 0.5) is 0 Å². The highest BCUT2D eigenvalue weighted by molar-refractivity contribution is 6.33. The van der Waals surface area contributed by atoms with Crippen LogP contribution >= 0.6 is 11.6 Å². The summed E-state index contributed by atoms with van der Waals surface area (Å²) in [5.74, 6) is -0.474. The van der Waals surface area contributed by atoms with Gasteiger partial charge in [0.15, 0.2) is 5.43 Å². The number of benzene rings is 2. The molecule has 1 aliphatic rings. The van der Waals surface area contributed by atoms with Crippen LogP contribution in [0, 0.1) is 0 Å². The number of aliphatic hydroxyl groups excluding tert-OH is 1. The number of phenolic OH excluding ortho intramolecular Hbond substituents is 2. The van der Waals surface area contributed by atoms with Crippen LogP contribution in [0.2, 0.25) is 5.02 Å². The zero-order valence-corrected chi connectivity index (χ0v) is 17.4. The molecule has 1 aliphatic heterocycles. The van der Waals surface area contributed by atoms with E-state index < -0.39 is 5.43 Å². The van der Waals surface area contributed by atoms with Gasteiger partial charge in [-0.2, -0.15) is 0 Å². The maximum absolute atomic E-state index is 12.9. The molecule has 2 atom stereocenters. The Balaban J connectivity index is 1.96. The highest BCUT2D eigenvalue weighted by atomic mass is 35.5. The Morgan fingerprint density at radius 3 is 2.67 bits per heavy atom. The van der Waals surface area contributed by atoms with Crippen molar-refractivity contribution in [3.8, 4) is 22.8 Å². The minimum absolute atomic E-state index is 0.0178. The molecule has 1 saturated heterocycles. The van der Waals surface area contributed by atoms with Crippen molar-refractivity contribution in [1.29, 1.82) is 0 Å². The summed E-state index contributed by atoms with van der Waals surface area (Å²) in [6, 6.07) is 9.27. The molecular weight excluding hydrogens is 406 g/mol. The third-order valence-corrected chi connectivity index (χ3v) is 6.20. The van der Waals surface area contributed by atoms with Gasteiger partial charge in [0.1, 0.15) is 28.2 Å². The predicted octanol–water partition coefficient (Wildman–Crippen LogP) is 4.08. The number of fused-ring (bicyclic) bond motifs is 1. The van der Waals surface area contributed by atoms with Crippen molar-refractivity contribution in [2.24, 2.45) is 0 Å². The lowest BCUT2D eigenvalue weighted by Crippen LogP contribution is -2.35. The van der Waals surface area contributed by atoms with E-state index in [1.165, 1.54) is 12.1 Å². The third-order valence-electron chi connectivity index (χ3n) is 5.87. The van der Waals surface area contributed by atoms with Gasteiger partial charge in [0, 0.05) is 35.2 Å². The highest BCUT2D eigenvalue weighted by Crippen LogP contribution is 2.44. The lowest BCUT2D eigenvalue weighted by atomic mass is 9.89. The molecule has 158 valence electrons. The molecule has 7 heteroatoms. The molecule has 0 saturated carbocycles. The summed E-state index contributed by atoms with van der Waals surface area (Å²) >= 11 is 6.29. The van der Waals surface area contributed by atoms with E-state index in [0.29, 0.717) is 22.6 Å². The largest absolute Gasteiger partial charge is 0.507 e. The SMILES string of the molecule is CCCN1CC[C@H](c2c(O)cc(O)c3c(=O)cc(-c4ccccc4Cl)oc23)[C@H]1CO. The molecule has 4 rings (SSSR count). The second-order valence-corrected chi connectivity index (χ2v) is 8.08. The van der Waals surface area contributed by atoms with Crippen molar-refractivity contribution in [2.45, 2.75) is 31.7 Å². The van der Waals surface area contributed by atoms with E-state index in [1.807, 2.05) is 0 Å². The van der Waals surface area contributed by atoms with Crippen LogP contribution < -0.4 is 5.43 Å². The molecule has 0 aliphatic carbocycles. The molecule has 6 nitrogen and oxygen atoms in total. The number of hydrogen-bond acceptors (Lipinski definition) is 6. The monoisotopic (exact) mass is 429 g/mol. The molecule has 30 heavy (non-hydrogen) atoms. The Morgan fingerprint density at radius 1 is 1.20 bits per heavy atom. The maximum atomic E-state index is 12.9. The van der Waals surface area contributed by atoms with E-state index in [2.05, 4.69) is 11.8 Å². The number of aliphatic hydroxyl groups is 1. The van der Waals surface area contributed by atoms with Gasteiger partial charge in [0.05, 0.1) is 11.6 Å². The molecule has 2 aromatic carbocycles. The molecule has 0 unspecified atom stereocenters. The number of nitrogens with zero attached hydrogens (tertiary/aromatic N) is 1. The summed E-state index contributed by atoms with van der Waals surface area (Å²) in [5.41, 5.74) is 0.696. The zero-order chi connectivity index (χ0) is 21.4. The fourth-order valence-corrected chi connectivity index (χ4v) is 4.76. The van der Waals surface area contributed by atoms with Gasteiger partial charge in [-0.05, 0) is 38.1 Å². The Labute approximate surface area is 178 Å². The quantitative estimate of drug-likeness (QED) is 0.565. The standard InChI is InChI=1S/C23H24ClNO5/c1-2-8-25-9-7-14(16(25)12-26)21-17(27)10-18(28)22-19(29)11-20(30-23(21)22)13-5-3-4-6-15(13)24/h3-6,10-11,14,16,26-28H,2,7-9,12H2,1H3/t14-,16+/m0/s1. The first kappa shape index (κ1) is 20.7. The predicted molar refractivity (Wildman–Crippen MR) is 116 cm³/mol. The fourth-order valence-electron chi connectivity index (χ4n) is 4.54. The first-order chi connectivity index (χ1) is 14.5. The van der Waals surface area contributed by atoms with Crippen molar-refractivity contribution in [1.82, 2.24) is 4.90 Å². The Bertz CT molecular complexity index is 1140. The first-order valence-electron chi connectivity index (χ1n) is 10.1. The highest BCUT2D eigenvalue weighted by Gasteiger charge is 2.38. The first-order valence-corrected chi connectivity index (χ1v) is 10.5. The Morgan fingerprint density at radius 2 is 1.97 bits per heavy atom. The zero-order valence-electron chi connectivity index (χ0n) is 16.6. The van der Waals surface area contributed by atoms with Gasteiger partial charge in [-0.1, -0.05) is 30.7 Å². The summed E-state index contributed by atoms with van der Waals surface area (Å²) in [6.45, 7) is 3.58. The van der Waals surface area contributed by atoms with Crippen LogP contribution in [0.3, 0.4) is 0 Å². The van der Waals surface area contributed by atoms with Gasteiger partial charge in [0.25, 0.3) is 0 Å². The Kier molecular flexibility index (Phi) is 5.73. The third kappa shape index (κ3) is 3.45. The van der Waals surface area contributed by atoms with Crippen molar-refractivity contribution in [2.75, 3.05) is 19.7 Å². The van der Waals surface area contributed by atoms with Crippen LogP contribution in [-0.2, 0) is 0 Å². The van der Waals surface area contributed by atoms with Crippen LogP contribution in [0.1, 0.15) is 31.2 Å². The lowest BCUT2D eigenvalue weighted by Gasteiger charge is -2.27. The molecular formula is C23H24ClNO5. The summed E-state index contributed by atoms with van der Waals surface area (Å²) in [4.78, 5) is 15.1. The summed E-state index contributed by atoms with van der Waals surface area (Å²) < 4.78 is 6.10. The van der Waals surface area contributed by atoms with Crippen molar-refractivity contribution < 1.29 is 19.7 Å². The Hall–Kier alpha value is -2.54. The van der Waals surface area contributed by atoms with Crippen molar-refractivity contribution in [3.05, 3.63) is 57.2 Å². The summed E-state index contributed by atoms with van der Waals surface area (Å²) in [5, 5.41) is 31.6. The van der Waals surface area contributed by atoms with E-state index in [-0.39, 0.29) is 46.8 Å². The van der Waals surface area contributed by atoms with Gasteiger partial charge in [-0.25, -0.2) is 0 Å². The van der Waals surface area contributed by atoms with Gasteiger partial charge in [0.2, 0.25) is 0 Å². The van der Waals surface area contributed by atoms with E-state index in [9.17, 15) is 20.1 Å². The minimum Gasteiger partial charge on any atom is -0.507 e. The number of aromatic hydroxyl groups is 2.